The number of carbonyl (C=O) groups excluding carboxylic acids is 2. The van der Waals surface area contributed by atoms with E-state index in [9.17, 15) is 14.7 Å². The first-order valence-corrected chi connectivity index (χ1v) is 4.07. The fourth-order valence-corrected chi connectivity index (χ4v) is 1.47. The first-order chi connectivity index (χ1) is 5.61. The van der Waals surface area contributed by atoms with Crippen molar-refractivity contribution in [1.82, 2.24) is 4.90 Å². The molecule has 4 heteroatoms. The van der Waals surface area contributed by atoms with Crippen molar-refractivity contribution < 1.29 is 14.7 Å². The molecule has 1 aliphatic heterocycles. The molecule has 4 nitrogen and oxygen atoms in total. The molecule has 1 heterocycles. The minimum Gasteiger partial charge on any atom is -0.530 e. The lowest BCUT2D eigenvalue weighted by Crippen LogP contribution is -2.46. The van der Waals surface area contributed by atoms with Gasteiger partial charge in [0.2, 0.25) is 0 Å². The Bertz CT molecular complexity index is 172. The fraction of sp³-hybridized carbons (Fsp3) is 0.750. The third-order valence-corrected chi connectivity index (χ3v) is 2.33. The summed E-state index contributed by atoms with van der Waals surface area (Å²) >= 11 is 0. The van der Waals surface area contributed by atoms with Crippen LogP contribution in [0.5, 0.6) is 0 Å². The van der Waals surface area contributed by atoms with Crippen LogP contribution < -0.4 is 5.11 Å². The van der Waals surface area contributed by atoms with Gasteiger partial charge in [-0.15, -0.1) is 0 Å². The quantitative estimate of drug-likeness (QED) is 0.539. The molecule has 0 spiro atoms. The summed E-state index contributed by atoms with van der Waals surface area (Å²) in [7, 11) is 0. The van der Waals surface area contributed by atoms with Crippen molar-refractivity contribution in [3.05, 3.63) is 0 Å². The number of ketones is 1. The normalized spacial score (nSPS) is 19.2. The van der Waals surface area contributed by atoms with Crippen LogP contribution in [0.3, 0.4) is 0 Å². The molecule has 1 saturated heterocycles. The number of hydrogen-bond acceptors (Lipinski definition) is 3. The second-order valence-electron chi connectivity index (χ2n) is 3.14. The van der Waals surface area contributed by atoms with Crippen molar-refractivity contribution in [1.29, 1.82) is 0 Å². The van der Waals surface area contributed by atoms with Crippen LogP contribution in [-0.4, -0.2) is 29.9 Å². The highest BCUT2D eigenvalue weighted by Gasteiger charge is 2.21. The van der Waals surface area contributed by atoms with Crippen LogP contribution in [-0.2, 0) is 4.79 Å². The van der Waals surface area contributed by atoms with Crippen LogP contribution in [0, 0.1) is 5.92 Å². The molecule has 0 bridgehead atoms. The van der Waals surface area contributed by atoms with Gasteiger partial charge >= 0.3 is 0 Å². The highest BCUT2D eigenvalue weighted by atomic mass is 16.4. The fourth-order valence-electron chi connectivity index (χ4n) is 1.47. The molecule has 0 N–H and O–H groups in total. The highest BCUT2D eigenvalue weighted by Crippen LogP contribution is 2.17. The molecule has 12 heavy (non-hydrogen) atoms. The van der Waals surface area contributed by atoms with E-state index in [2.05, 4.69) is 0 Å². The monoisotopic (exact) mass is 170 g/mol. The molecule has 0 aliphatic carbocycles. The zero-order valence-electron chi connectivity index (χ0n) is 7.08. The largest absolute Gasteiger partial charge is 0.530 e. The van der Waals surface area contributed by atoms with E-state index in [1.807, 2.05) is 0 Å². The predicted octanol–water partition coefficient (Wildman–Crippen LogP) is -0.369. The molecule has 0 atom stereocenters. The number of piperidine rings is 1. The highest BCUT2D eigenvalue weighted by molar-refractivity contribution is 5.78. The first-order valence-electron chi connectivity index (χ1n) is 4.07. The Balaban J connectivity index is 2.39. The maximum atomic E-state index is 10.9. The van der Waals surface area contributed by atoms with E-state index in [-0.39, 0.29) is 11.7 Å². The number of likely N-dealkylation sites (tertiary alicyclic amines) is 1. The van der Waals surface area contributed by atoms with E-state index in [0.717, 1.165) is 0 Å². The molecule has 1 aliphatic rings. The second kappa shape index (κ2) is 3.56. The maximum absolute atomic E-state index is 10.9. The first kappa shape index (κ1) is 9.03. The molecule has 0 aromatic carbocycles. The van der Waals surface area contributed by atoms with Gasteiger partial charge in [0.05, 0.1) is 0 Å². The van der Waals surface area contributed by atoms with Gasteiger partial charge in [-0.3, -0.25) is 4.79 Å². The van der Waals surface area contributed by atoms with Gasteiger partial charge in [-0.05, 0) is 19.8 Å². The molecular weight excluding hydrogens is 158 g/mol. The lowest BCUT2D eigenvalue weighted by Gasteiger charge is -2.32. The number of carboxylic acid groups (broad SMARTS) is 1. The summed E-state index contributed by atoms with van der Waals surface area (Å²) in [6, 6.07) is 0. The van der Waals surface area contributed by atoms with Crippen molar-refractivity contribution >= 4 is 11.9 Å². The molecule has 0 aromatic heterocycles. The SMILES string of the molecule is CC(=O)C1CCN(C(=O)[O-])CC1. The van der Waals surface area contributed by atoms with Crippen LogP contribution >= 0.6 is 0 Å². The van der Waals surface area contributed by atoms with Crippen molar-refractivity contribution in [3.8, 4) is 0 Å². The number of nitrogens with zero attached hydrogens (tertiary/aromatic N) is 1. The number of Topliss-reactive ketones (excluding diaryl/α,β-unsaturated/α-hetero) is 1. The van der Waals surface area contributed by atoms with Crippen LogP contribution in [0.15, 0.2) is 0 Å². The van der Waals surface area contributed by atoms with Crippen molar-refractivity contribution in [2.24, 2.45) is 5.92 Å². The zero-order chi connectivity index (χ0) is 9.14. The Kier molecular flexibility index (Phi) is 2.68. The molecule has 0 radical (unpaired) electrons. The van der Waals surface area contributed by atoms with Crippen LogP contribution in [0.1, 0.15) is 19.8 Å². The Morgan fingerprint density at radius 2 is 1.83 bits per heavy atom. The standard InChI is InChI=1S/C8H13NO3/c1-6(10)7-2-4-9(5-3-7)8(11)12/h7H,2-5H2,1H3,(H,11,12)/p-1. The van der Waals surface area contributed by atoms with Gasteiger partial charge < -0.3 is 14.8 Å². The van der Waals surface area contributed by atoms with Gasteiger partial charge in [-0.1, -0.05) is 0 Å². The van der Waals surface area contributed by atoms with Crippen LogP contribution in [0.4, 0.5) is 4.79 Å². The summed E-state index contributed by atoms with van der Waals surface area (Å²) in [6.07, 6.45) is 0.157. The lowest BCUT2D eigenvalue weighted by molar-refractivity contribution is -0.266. The molecule has 1 amide bonds. The smallest absolute Gasteiger partial charge is 0.136 e. The van der Waals surface area contributed by atoms with Gasteiger partial charge in [-0.2, -0.15) is 0 Å². The number of hydrogen-bond donors (Lipinski definition) is 0. The molecule has 68 valence electrons. The van der Waals surface area contributed by atoms with Crippen molar-refractivity contribution in [3.63, 3.8) is 0 Å². The number of carbonyl (C=O) groups is 2. The summed E-state index contributed by atoms with van der Waals surface area (Å²) in [5.41, 5.74) is 0. The topological polar surface area (TPSA) is 60.4 Å². The molecular formula is C8H12NO3-. The van der Waals surface area contributed by atoms with E-state index in [1.54, 1.807) is 6.92 Å². The average Bonchev–Trinajstić information content (AvgIpc) is 2.04. The molecule has 0 unspecified atom stereocenters. The van der Waals surface area contributed by atoms with Gasteiger partial charge in [-0.25, -0.2) is 0 Å². The van der Waals surface area contributed by atoms with Crippen LogP contribution in [0.2, 0.25) is 0 Å². The van der Waals surface area contributed by atoms with Crippen molar-refractivity contribution in [2.75, 3.05) is 13.1 Å². The van der Waals surface area contributed by atoms with E-state index < -0.39 is 6.09 Å². The van der Waals surface area contributed by atoms with Gasteiger partial charge in [0.1, 0.15) is 11.9 Å². The number of amides is 1. The third kappa shape index (κ3) is 1.96. The summed E-state index contributed by atoms with van der Waals surface area (Å²) in [5.74, 6) is 0.216. The van der Waals surface area contributed by atoms with Gasteiger partial charge in [0.15, 0.2) is 0 Å². The summed E-state index contributed by atoms with van der Waals surface area (Å²) in [4.78, 5) is 22.5. The Hall–Kier alpha value is -1.06. The van der Waals surface area contributed by atoms with Crippen molar-refractivity contribution in [2.45, 2.75) is 19.8 Å². The zero-order valence-corrected chi connectivity index (χ0v) is 7.08. The van der Waals surface area contributed by atoms with E-state index >= 15 is 0 Å². The van der Waals surface area contributed by atoms with Crippen LogP contribution in [0.25, 0.3) is 0 Å². The molecule has 1 fully saturated rings. The predicted molar refractivity (Wildman–Crippen MR) is 40.4 cm³/mol. The summed E-state index contributed by atoms with van der Waals surface area (Å²) < 4.78 is 0. The van der Waals surface area contributed by atoms with E-state index in [0.29, 0.717) is 25.9 Å². The summed E-state index contributed by atoms with van der Waals surface area (Å²) in [5, 5.41) is 10.4. The van der Waals surface area contributed by atoms with Gasteiger partial charge in [0.25, 0.3) is 0 Å². The number of rotatable bonds is 1. The molecule has 0 aromatic rings. The average molecular weight is 170 g/mol. The maximum Gasteiger partial charge on any atom is 0.136 e. The Morgan fingerprint density at radius 1 is 1.33 bits per heavy atom. The van der Waals surface area contributed by atoms with E-state index in [4.69, 9.17) is 0 Å². The Labute approximate surface area is 71.2 Å². The lowest BCUT2D eigenvalue weighted by atomic mass is 9.94. The second-order valence-corrected chi connectivity index (χ2v) is 3.14. The minimum atomic E-state index is -1.13. The van der Waals surface area contributed by atoms with Gasteiger partial charge in [0, 0.05) is 19.0 Å². The third-order valence-electron chi connectivity index (χ3n) is 2.33. The van der Waals surface area contributed by atoms with E-state index in [1.165, 1.54) is 4.90 Å². The Morgan fingerprint density at radius 3 is 2.17 bits per heavy atom. The summed E-state index contributed by atoms with van der Waals surface area (Å²) in [6.45, 7) is 2.43. The minimum absolute atomic E-state index is 0.0561. The molecule has 0 saturated carbocycles. The molecule has 1 rings (SSSR count).